The standard InChI is InChI=1S/C23H22N4O/c28-22(25-17-18-9-3-1-4-10-18)15-7-14-21-26-20-13-8-16-24-23(20)27(21)19-11-5-2-6-12-19/h1-6,8-13,16H,7,14-15,17H2,(H,25,28). The summed E-state index contributed by atoms with van der Waals surface area (Å²) in [5.74, 6) is 0.986. The summed E-state index contributed by atoms with van der Waals surface area (Å²) in [5.41, 5.74) is 3.85. The van der Waals surface area contributed by atoms with Gasteiger partial charge in [-0.25, -0.2) is 9.97 Å². The fourth-order valence-corrected chi connectivity index (χ4v) is 3.27. The van der Waals surface area contributed by atoms with E-state index in [0.29, 0.717) is 19.4 Å². The predicted molar refractivity (Wildman–Crippen MR) is 110 cm³/mol. The maximum atomic E-state index is 12.2. The number of imidazole rings is 1. The maximum Gasteiger partial charge on any atom is 0.220 e. The van der Waals surface area contributed by atoms with Crippen LogP contribution < -0.4 is 5.32 Å². The van der Waals surface area contributed by atoms with Crippen LogP contribution in [0.25, 0.3) is 16.9 Å². The lowest BCUT2D eigenvalue weighted by atomic mass is 10.2. The van der Waals surface area contributed by atoms with Gasteiger partial charge in [-0.15, -0.1) is 0 Å². The van der Waals surface area contributed by atoms with Crippen LogP contribution >= 0.6 is 0 Å². The van der Waals surface area contributed by atoms with Gasteiger partial charge in [-0.2, -0.15) is 0 Å². The maximum absolute atomic E-state index is 12.2. The van der Waals surface area contributed by atoms with E-state index in [0.717, 1.165) is 34.7 Å². The van der Waals surface area contributed by atoms with E-state index in [9.17, 15) is 4.79 Å². The number of hydrogen-bond donors (Lipinski definition) is 1. The second kappa shape index (κ2) is 8.48. The molecule has 0 aliphatic heterocycles. The number of aryl methyl sites for hydroxylation is 1. The zero-order valence-electron chi connectivity index (χ0n) is 15.6. The second-order valence-corrected chi connectivity index (χ2v) is 6.66. The van der Waals surface area contributed by atoms with E-state index in [4.69, 9.17) is 4.98 Å². The number of nitrogens with one attached hydrogen (secondary N) is 1. The van der Waals surface area contributed by atoms with E-state index >= 15 is 0 Å². The lowest BCUT2D eigenvalue weighted by Crippen LogP contribution is -2.22. The summed E-state index contributed by atoms with van der Waals surface area (Å²) in [7, 11) is 0. The first-order chi connectivity index (χ1) is 13.8. The van der Waals surface area contributed by atoms with Crippen LogP contribution in [0, 0.1) is 0 Å². The molecule has 0 unspecified atom stereocenters. The zero-order chi connectivity index (χ0) is 19.2. The molecule has 0 atom stereocenters. The molecule has 0 spiro atoms. The van der Waals surface area contributed by atoms with Gasteiger partial charge in [-0.05, 0) is 36.2 Å². The first-order valence-electron chi connectivity index (χ1n) is 9.49. The van der Waals surface area contributed by atoms with Gasteiger partial charge in [0.1, 0.15) is 11.3 Å². The average Bonchev–Trinajstić information content (AvgIpc) is 3.12. The first kappa shape index (κ1) is 17.9. The largest absolute Gasteiger partial charge is 0.352 e. The Labute approximate surface area is 164 Å². The fourth-order valence-electron chi connectivity index (χ4n) is 3.27. The molecule has 0 aliphatic rings. The summed E-state index contributed by atoms with van der Waals surface area (Å²) in [6, 6.07) is 23.9. The Morgan fingerprint density at radius 1 is 0.929 bits per heavy atom. The molecule has 0 radical (unpaired) electrons. The Morgan fingerprint density at radius 3 is 2.46 bits per heavy atom. The molecule has 1 amide bonds. The summed E-state index contributed by atoms with van der Waals surface area (Å²) >= 11 is 0. The highest BCUT2D eigenvalue weighted by molar-refractivity contribution is 5.76. The third-order valence-electron chi connectivity index (χ3n) is 4.64. The van der Waals surface area contributed by atoms with Crippen molar-refractivity contribution in [1.29, 1.82) is 0 Å². The van der Waals surface area contributed by atoms with Crippen molar-refractivity contribution in [2.45, 2.75) is 25.8 Å². The molecule has 0 fully saturated rings. The highest BCUT2D eigenvalue weighted by Crippen LogP contribution is 2.20. The Balaban J connectivity index is 1.43. The van der Waals surface area contributed by atoms with E-state index < -0.39 is 0 Å². The molecule has 2 aromatic heterocycles. The molecule has 4 rings (SSSR count). The Bertz CT molecular complexity index is 1060. The summed E-state index contributed by atoms with van der Waals surface area (Å²) in [4.78, 5) is 21.4. The molecule has 28 heavy (non-hydrogen) atoms. The molecule has 0 aliphatic carbocycles. The second-order valence-electron chi connectivity index (χ2n) is 6.66. The van der Waals surface area contributed by atoms with Gasteiger partial charge in [0, 0.05) is 31.3 Å². The van der Waals surface area contributed by atoms with E-state index in [1.54, 1.807) is 6.20 Å². The van der Waals surface area contributed by atoms with E-state index in [2.05, 4.69) is 14.9 Å². The smallest absolute Gasteiger partial charge is 0.220 e. The van der Waals surface area contributed by atoms with Crippen LogP contribution in [0.15, 0.2) is 79.0 Å². The van der Waals surface area contributed by atoms with E-state index in [-0.39, 0.29) is 5.91 Å². The van der Waals surface area contributed by atoms with Crippen LogP contribution in [0.3, 0.4) is 0 Å². The molecule has 140 valence electrons. The monoisotopic (exact) mass is 370 g/mol. The minimum atomic E-state index is 0.0596. The van der Waals surface area contributed by atoms with E-state index in [1.165, 1.54) is 0 Å². The highest BCUT2D eigenvalue weighted by Gasteiger charge is 2.13. The van der Waals surface area contributed by atoms with Crippen LogP contribution in [0.5, 0.6) is 0 Å². The number of fused-ring (bicyclic) bond motifs is 1. The molecule has 0 saturated heterocycles. The molecule has 1 N–H and O–H groups in total. The van der Waals surface area contributed by atoms with Crippen molar-refractivity contribution in [3.8, 4) is 5.69 Å². The fraction of sp³-hybridized carbons (Fsp3) is 0.174. The minimum Gasteiger partial charge on any atom is -0.352 e. The summed E-state index contributed by atoms with van der Waals surface area (Å²) < 4.78 is 2.08. The molecule has 2 aromatic carbocycles. The molecule has 2 heterocycles. The van der Waals surface area contributed by atoms with Crippen molar-refractivity contribution in [3.63, 3.8) is 0 Å². The molecular weight excluding hydrogens is 348 g/mol. The van der Waals surface area contributed by atoms with Gasteiger partial charge in [-0.3, -0.25) is 9.36 Å². The molecule has 0 saturated carbocycles. The Hall–Kier alpha value is -3.47. The van der Waals surface area contributed by atoms with Crippen molar-refractivity contribution in [1.82, 2.24) is 19.9 Å². The van der Waals surface area contributed by atoms with Crippen LogP contribution in [0.2, 0.25) is 0 Å². The minimum absolute atomic E-state index is 0.0596. The molecule has 5 nitrogen and oxygen atoms in total. The number of benzene rings is 2. The van der Waals surface area contributed by atoms with Crippen molar-refractivity contribution < 1.29 is 4.79 Å². The number of carbonyl (C=O) groups excluding carboxylic acids is 1. The van der Waals surface area contributed by atoms with Gasteiger partial charge in [0.15, 0.2) is 5.65 Å². The average molecular weight is 370 g/mol. The molecule has 4 aromatic rings. The zero-order valence-corrected chi connectivity index (χ0v) is 15.6. The Morgan fingerprint density at radius 2 is 1.68 bits per heavy atom. The summed E-state index contributed by atoms with van der Waals surface area (Å²) in [5, 5.41) is 2.98. The van der Waals surface area contributed by atoms with Gasteiger partial charge in [-0.1, -0.05) is 48.5 Å². The van der Waals surface area contributed by atoms with Crippen LogP contribution in [-0.2, 0) is 17.8 Å². The SMILES string of the molecule is O=C(CCCc1nc2cccnc2n1-c1ccccc1)NCc1ccccc1. The summed E-state index contributed by atoms with van der Waals surface area (Å²) in [6.45, 7) is 0.562. The number of rotatable bonds is 7. The Kier molecular flexibility index (Phi) is 5.43. The number of hydrogen-bond acceptors (Lipinski definition) is 3. The van der Waals surface area contributed by atoms with Crippen LogP contribution in [0.1, 0.15) is 24.2 Å². The first-order valence-corrected chi connectivity index (χ1v) is 9.49. The number of amides is 1. The topological polar surface area (TPSA) is 59.8 Å². The number of carbonyl (C=O) groups is 1. The van der Waals surface area contributed by atoms with Crippen molar-refractivity contribution in [2.75, 3.05) is 0 Å². The highest BCUT2D eigenvalue weighted by atomic mass is 16.1. The van der Waals surface area contributed by atoms with Gasteiger partial charge in [0.2, 0.25) is 5.91 Å². The van der Waals surface area contributed by atoms with Gasteiger partial charge < -0.3 is 5.32 Å². The number of pyridine rings is 1. The lowest BCUT2D eigenvalue weighted by molar-refractivity contribution is -0.121. The van der Waals surface area contributed by atoms with Crippen molar-refractivity contribution in [2.24, 2.45) is 0 Å². The number of nitrogens with zero attached hydrogens (tertiary/aromatic N) is 3. The number of aromatic nitrogens is 3. The third kappa shape index (κ3) is 4.09. The third-order valence-corrected chi connectivity index (χ3v) is 4.64. The van der Waals surface area contributed by atoms with Crippen LogP contribution in [0.4, 0.5) is 0 Å². The molecule has 5 heteroatoms. The van der Waals surface area contributed by atoms with Gasteiger partial charge in [0.25, 0.3) is 0 Å². The molecular formula is C23H22N4O. The lowest BCUT2D eigenvalue weighted by Gasteiger charge is -2.09. The van der Waals surface area contributed by atoms with Gasteiger partial charge in [0.05, 0.1) is 0 Å². The predicted octanol–water partition coefficient (Wildman–Crippen LogP) is 4.06. The van der Waals surface area contributed by atoms with Crippen molar-refractivity contribution in [3.05, 3.63) is 90.4 Å². The van der Waals surface area contributed by atoms with E-state index in [1.807, 2.05) is 72.8 Å². The summed E-state index contributed by atoms with van der Waals surface area (Å²) in [6.07, 6.45) is 3.70. The number of para-hydroxylation sites is 1. The normalized spacial score (nSPS) is 10.9. The molecule has 0 bridgehead atoms. The van der Waals surface area contributed by atoms with Crippen LogP contribution in [-0.4, -0.2) is 20.4 Å². The van der Waals surface area contributed by atoms with Crippen molar-refractivity contribution >= 4 is 17.1 Å². The quantitative estimate of drug-likeness (QED) is 0.534. The van der Waals surface area contributed by atoms with Gasteiger partial charge >= 0.3 is 0 Å².